The second-order valence-corrected chi connectivity index (χ2v) is 7.13. The molecule has 1 saturated heterocycles. The third-order valence-corrected chi connectivity index (χ3v) is 4.95. The van der Waals surface area contributed by atoms with Gasteiger partial charge in [-0.05, 0) is 37.5 Å². The molecule has 0 spiro atoms. The largest absolute Gasteiger partial charge is 0.416 e. The van der Waals surface area contributed by atoms with Crippen molar-refractivity contribution in [1.29, 1.82) is 0 Å². The van der Waals surface area contributed by atoms with Crippen LogP contribution in [0.15, 0.2) is 27.8 Å². The molecule has 146 valence electrons. The van der Waals surface area contributed by atoms with Gasteiger partial charge in [-0.15, -0.1) is 10.2 Å². The number of nitrogens with zero attached hydrogens (tertiary/aromatic N) is 3. The van der Waals surface area contributed by atoms with Crippen LogP contribution in [-0.2, 0) is 11.0 Å². The third-order valence-electron chi connectivity index (χ3n) is 4.13. The van der Waals surface area contributed by atoms with E-state index >= 15 is 0 Å². The normalized spacial score (nSPS) is 15.0. The molecule has 0 aliphatic carbocycles. The molecule has 0 saturated carbocycles. The highest BCUT2D eigenvalue weighted by molar-refractivity contribution is 7.99. The van der Waals surface area contributed by atoms with E-state index in [4.69, 9.17) is 4.42 Å². The summed E-state index contributed by atoms with van der Waals surface area (Å²) in [5.41, 5.74) is -0.0209. The van der Waals surface area contributed by atoms with Crippen molar-refractivity contribution in [3.8, 4) is 0 Å². The number of rotatable bonds is 5. The monoisotopic (exact) mass is 400 g/mol. The van der Waals surface area contributed by atoms with E-state index < -0.39 is 17.6 Å². The number of benzene rings is 1. The zero-order chi connectivity index (χ0) is 19.4. The van der Waals surface area contributed by atoms with E-state index in [1.807, 2.05) is 4.90 Å². The fourth-order valence-electron chi connectivity index (χ4n) is 2.87. The lowest BCUT2D eigenvalue weighted by molar-refractivity contribution is -0.137. The lowest BCUT2D eigenvalue weighted by Crippen LogP contribution is -2.30. The van der Waals surface area contributed by atoms with Crippen LogP contribution in [-0.4, -0.2) is 34.9 Å². The summed E-state index contributed by atoms with van der Waals surface area (Å²) in [6, 6.07) is 3.47. The Hall–Kier alpha value is -2.23. The Kier molecular flexibility index (Phi) is 5.93. The molecule has 0 radical (unpaired) electrons. The standard InChI is InChI=1S/C17H19F3N4O2S/c1-11-22-23-16(26-11)27-10-15(25)21-13-9-12(17(18,19)20)5-6-14(13)24-7-3-2-4-8-24/h5-6,9H,2-4,7-8,10H2,1H3,(H,21,25). The Balaban J connectivity index is 1.76. The molecule has 0 unspecified atom stereocenters. The smallest absolute Gasteiger partial charge is 0.416 e. The molecule has 2 aromatic rings. The van der Waals surface area contributed by atoms with Crippen LogP contribution in [0.2, 0.25) is 0 Å². The highest BCUT2D eigenvalue weighted by Crippen LogP contribution is 2.36. The van der Waals surface area contributed by atoms with Crippen LogP contribution in [0.25, 0.3) is 0 Å². The summed E-state index contributed by atoms with van der Waals surface area (Å²) in [6.45, 7) is 3.14. The molecule has 3 rings (SSSR count). The average Bonchev–Trinajstić information content (AvgIpc) is 3.05. The molecule has 0 atom stereocenters. The molecule has 0 bridgehead atoms. The summed E-state index contributed by atoms with van der Waals surface area (Å²) >= 11 is 1.03. The van der Waals surface area contributed by atoms with Crippen molar-refractivity contribution in [3.63, 3.8) is 0 Å². The molecule has 27 heavy (non-hydrogen) atoms. The van der Waals surface area contributed by atoms with E-state index in [0.717, 1.165) is 56.2 Å². The number of hydrogen-bond acceptors (Lipinski definition) is 6. The van der Waals surface area contributed by atoms with Gasteiger partial charge >= 0.3 is 6.18 Å². The van der Waals surface area contributed by atoms with Crippen LogP contribution in [0.3, 0.4) is 0 Å². The third kappa shape index (κ3) is 5.15. The number of alkyl halides is 3. The molecular formula is C17H19F3N4O2S. The predicted octanol–water partition coefficient (Wildman–Crippen LogP) is 4.12. The number of thioether (sulfide) groups is 1. The molecule has 1 aromatic heterocycles. The van der Waals surface area contributed by atoms with Crippen LogP contribution in [0.4, 0.5) is 24.5 Å². The Morgan fingerprint density at radius 2 is 2.00 bits per heavy atom. The molecule has 2 heterocycles. The van der Waals surface area contributed by atoms with E-state index in [9.17, 15) is 18.0 Å². The highest BCUT2D eigenvalue weighted by Gasteiger charge is 2.31. The quantitative estimate of drug-likeness (QED) is 0.762. The minimum atomic E-state index is -4.48. The molecule has 6 nitrogen and oxygen atoms in total. The fraction of sp³-hybridized carbons (Fsp3) is 0.471. The van der Waals surface area contributed by atoms with Crippen LogP contribution < -0.4 is 10.2 Å². The number of nitrogens with one attached hydrogen (secondary N) is 1. The summed E-state index contributed by atoms with van der Waals surface area (Å²) in [5.74, 6) is -0.103. The van der Waals surface area contributed by atoms with E-state index in [1.165, 1.54) is 6.07 Å². The topological polar surface area (TPSA) is 71.3 Å². The maximum Gasteiger partial charge on any atom is 0.416 e. The van der Waals surface area contributed by atoms with Gasteiger partial charge in [0.05, 0.1) is 22.7 Å². The number of aryl methyl sites for hydroxylation is 1. The van der Waals surface area contributed by atoms with Gasteiger partial charge in [0.1, 0.15) is 0 Å². The molecule has 1 aliphatic heterocycles. The van der Waals surface area contributed by atoms with Crippen LogP contribution in [0, 0.1) is 6.92 Å². The van der Waals surface area contributed by atoms with Crippen molar-refractivity contribution in [1.82, 2.24) is 10.2 Å². The van der Waals surface area contributed by atoms with Crippen molar-refractivity contribution in [2.45, 2.75) is 37.6 Å². The fourth-order valence-corrected chi connectivity index (χ4v) is 3.48. The van der Waals surface area contributed by atoms with Crippen LogP contribution in [0.1, 0.15) is 30.7 Å². The van der Waals surface area contributed by atoms with E-state index in [0.29, 0.717) is 11.6 Å². The van der Waals surface area contributed by atoms with E-state index in [-0.39, 0.29) is 16.7 Å². The second kappa shape index (κ2) is 8.20. The number of carbonyl (C=O) groups is 1. The summed E-state index contributed by atoms with van der Waals surface area (Å²) in [4.78, 5) is 14.3. The minimum Gasteiger partial charge on any atom is -0.416 e. The molecule has 1 amide bonds. The van der Waals surface area contributed by atoms with Crippen LogP contribution in [0.5, 0.6) is 0 Å². The molecule has 1 N–H and O–H groups in total. The summed E-state index contributed by atoms with van der Waals surface area (Å²) < 4.78 is 44.4. The lowest BCUT2D eigenvalue weighted by Gasteiger charge is -2.31. The second-order valence-electron chi connectivity index (χ2n) is 6.20. The van der Waals surface area contributed by atoms with Gasteiger partial charge in [-0.25, -0.2) is 0 Å². The van der Waals surface area contributed by atoms with Gasteiger partial charge in [0.2, 0.25) is 11.8 Å². The van der Waals surface area contributed by atoms with Gasteiger partial charge in [0.25, 0.3) is 5.22 Å². The van der Waals surface area contributed by atoms with Crippen molar-refractivity contribution < 1.29 is 22.4 Å². The first-order valence-electron chi connectivity index (χ1n) is 8.52. The van der Waals surface area contributed by atoms with Gasteiger partial charge in [-0.3, -0.25) is 4.79 Å². The number of aromatic nitrogens is 2. The maximum atomic E-state index is 13.1. The number of hydrogen-bond donors (Lipinski definition) is 1. The first-order chi connectivity index (χ1) is 12.8. The number of piperidine rings is 1. The Labute approximate surface area is 158 Å². The van der Waals surface area contributed by atoms with Gasteiger partial charge < -0.3 is 14.6 Å². The van der Waals surface area contributed by atoms with Crippen molar-refractivity contribution in [3.05, 3.63) is 29.7 Å². The van der Waals surface area contributed by atoms with Crippen molar-refractivity contribution >= 4 is 29.0 Å². The van der Waals surface area contributed by atoms with Gasteiger partial charge in [-0.2, -0.15) is 13.2 Å². The Morgan fingerprint density at radius 3 is 2.63 bits per heavy atom. The summed E-state index contributed by atoms with van der Waals surface area (Å²) in [6.07, 6.45) is -1.43. The number of anilines is 2. The zero-order valence-electron chi connectivity index (χ0n) is 14.7. The summed E-state index contributed by atoms with van der Waals surface area (Å²) in [7, 11) is 0. The Bertz CT molecular complexity index is 804. The number of halogens is 3. The predicted molar refractivity (Wildman–Crippen MR) is 95.9 cm³/mol. The van der Waals surface area contributed by atoms with Gasteiger partial charge in [-0.1, -0.05) is 11.8 Å². The SMILES string of the molecule is Cc1nnc(SCC(=O)Nc2cc(C(F)(F)F)ccc2N2CCCCC2)o1. The molecule has 1 aliphatic rings. The molecule has 1 fully saturated rings. The summed E-state index contributed by atoms with van der Waals surface area (Å²) in [5, 5.41) is 10.3. The van der Waals surface area contributed by atoms with Crippen molar-refractivity contribution in [2.75, 3.05) is 29.1 Å². The first kappa shape index (κ1) is 19.5. The van der Waals surface area contributed by atoms with Gasteiger partial charge in [0.15, 0.2) is 0 Å². The Morgan fingerprint density at radius 1 is 1.26 bits per heavy atom. The average molecular weight is 400 g/mol. The van der Waals surface area contributed by atoms with E-state index in [1.54, 1.807) is 6.92 Å². The molecule has 10 heteroatoms. The lowest BCUT2D eigenvalue weighted by atomic mass is 10.1. The zero-order valence-corrected chi connectivity index (χ0v) is 15.5. The first-order valence-corrected chi connectivity index (χ1v) is 9.50. The maximum absolute atomic E-state index is 13.1. The molecular weight excluding hydrogens is 381 g/mol. The molecule has 1 aromatic carbocycles. The number of amides is 1. The highest BCUT2D eigenvalue weighted by atomic mass is 32.2. The minimum absolute atomic E-state index is 0.0443. The number of carbonyl (C=O) groups excluding carboxylic acids is 1. The van der Waals surface area contributed by atoms with Crippen molar-refractivity contribution in [2.24, 2.45) is 0 Å². The van der Waals surface area contributed by atoms with E-state index in [2.05, 4.69) is 15.5 Å². The van der Waals surface area contributed by atoms with Crippen LogP contribution >= 0.6 is 11.8 Å². The van der Waals surface area contributed by atoms with Gasteiger partial charge in [0, 0.05) is 20.0 Å².